The van der Waals surface area contributed by atoms with E-state index in [4.69, 9.17) is 0 Å². The quantitative estimate of drug-likeness (QED) is 0.340. The third-order valence-corrected chi connectivity index (χ3v) is 7.68. The van der Waals surface area contributed by atoms with Crippen molar-refractivity contribution in [2.45, 2.75) is 95.5 Å². The third kappa shape index (κ3) is 6.83. The van der Waals surface area contributed by atoms with Gasteiger partial charge in [-0.2, -0.15) is 0 Å². The van der Waals surface area contributed by atoms with Gasteiger partial charge in [0.1, 0.15) is 11.6 Å². The van der Waals surface area contributed by atoms with Gasteiger partial charge in [0, 0.05) is 55.0 Å². The van der Waals surface area contributed by atoms with E-state index in [0.717, 1.165) is 24.2 Å². The highest BCUT2D eigenvalue weighted by molar-refractivity contribution is 5.94. The Morgan fingerprint density at radius 2 is 1.39 bits per heavy atom. The summed E-state index contributed by atoms with van der Waals surface area (Å²) in [6.45, 7) is 1.63. The third-order valence-electron chi connectivity index (χ3n) is 7.68. The summed E-state index contributed by atoms with van der Waals surface area (Å²) >= 11 is 0. The molecule has 2 aliphatic carbocycles. The minimum Gasteiger partial charge on any atom is -0.347 e. The number of rotatable bonds is 10. The SMILES string of the molecule is O=C(c1ccc(CNC2CCC(NC3CCCCC3)CC2)cc1)N(Cc1ncc[nH]1)Cc1ncc[nH]1. The van der Waals surface area contributed by atoms with Crippen LogP contribution in [-0.2, 0) is 19.6 Å². The highest BCUT2D eigenvalue weighted by Gasteiger charge is 2.24. The molecular weight excluding hydrogens is 450 g/mol. The Hall–Kier alpha value is -2.97. The van der Waals surface area contributed by atoms with Crippen LogP contribution in [0.1, 0.15) is 85.4 Å². The van der Waals surface area contributed by atoms with Crippen LogP contribution < -0.4 is 10.6 Å². The summed E-state index contributed by atoms with van der Waals surface area (Å²) in [6, 6.07) is 10.0. The number of imidazole rings is 2. The highest BCUT2D eigenvalue weighted by Crippen LogP contribution is 2.23. The van der Waals surface area contributed by atoms with Crippen LogP contribution in [0.5, 0.6) is 0 Å². The highest BCUT2D eigenvalue weighted by atomic mass is 16.2. The molecule has 2 saturated carbocycles. The molecule has 1 aromatic carbocycles. The van der Waals surface area contributed by atoms with E-state index in [9.17, 15) is 4.79 Å². The zero-order valence-electron chi connectivity index (χ0n) is 21.1. The Morgan fingerprint density at radius 3 is 1.97 bits per heavy atom. The van der Waals surface area contributed by atoms with Gasteiger partial charge < -0.3 is 25.5 Å². The van der Waals surface area contributed by atoms with Crippen LogP contribution in [0.3, 0.4) is 0 Å². The monoisotopic (exact) mass is 489 g/mol. The van der Waals surface area contributed by atoms with E-state index in [1.165, 1.54) is 63.4 Å². The Kier molecular flexibility index (Phi) is 8.46. The summed E-state index contributed by atoms with van der Waals surface area (Å²) < 4.78 is 0. The number of nitrogens with zero attached hydrogens (tertiary/aromatic N) is 3. The van der Waals surface area contributed by atoms with Crippen LogP contribution in [0.25, 0.3) is 0 Å². The minimum absolute atomic E-state index is 0.0360. The van der Waals surface area contributed by atoms with Gasteiger partial charge in [-0.25, -0.2) is 9.97 Å². The van der Waals surface area contributed by atoms with Gasteiger partial charge in [0.25, 0.3) is 5.91 Å². The van der Waals surface area contributed by atoms with Gasteiger partial charge in [0.2, 0.25) is 0 Å². The fourth-order valence-electron chi connectivity index (χ4n) is 5.61. The van der Waals surface area contributed by atoms with Crippen LogP contribution in [0.4, 0.5) is 0 Å². The molecule has 1 amide bonds. The molecule has 36 heavy (non-hydrogen) atoms. The summed E-state index contributed by atoms with van der Waals surface area (Å²) in [5.74, 6) is 1.46. The molecule has 0 spiro atoms. The lowest BCUT2D eigenvalue weighted by Crippen LogP contribution is -2.44. The predicted octanol–water partition coefficient (Wildman–Crippen LogP) is 4.30. The molecule has 5 rings (SSSR count). The summed E-state index contributed by atoms with van der Waals surface area (Å²) in [7, 11) is 0. The molecule has 0 unspecified atom stereocenters. The van der Waals surface area contributed by atoms with E-state index in [-0.39, 0.29) is 5.91 Å². The fraction of sp³-hybridized carbons (Fsp3) is 0.536. The Morgan fingerprint density at radius 1 is 0.806 bits per heavy atom. The van der Waals surface area contributed by atoms with Crippen molar-refractivity contribution in [3.63, 3.8) is 0 Å². The topological polar surface area (TPSA) is 102 Å². The standard InChI is InChI=1S/C28H39N7O/c36-28(35(19-26-29-14-15-30-26)20-27-31-16-17-32-27)22-8-6-21(7-9-22)18-33-23-10-12-25(13-11-23)34-24-4-2-1-3-5-24/h6-9,14-17,23-25,33-34H,1-5,10-13,18-20H2,(H,29,30)(H,31,32). The van der Waals surface area contributed by atoms with Crippen molar-refractivity contribution in [3.05, 3.63) is 71.8 Å². The van der Waals surface area contributed by atoms with Crippen LogP contribution in [0, 0.1) is 0 Å². The number of benzene rings is 1. The number of hydrogen-bond acceptors (Lipinski definition) is 5. The molecule has 2 aliphatic rings. The number of aromatic nitrogens is 4. The summed E-state index contributed by atoms with van der Waals surface area (Å²) in [6.07, 6.45) is 18.9. The van der Waals surface area contributed by atoms with Crippen LogP contribution in [0.2, 0.25) is 0 Å². The maximum atomic E-state index is 13.3. The second-order valence-electron chi connectivity index (χ2n) is 10.4. The number of hydrogen-bond donors (Lipinski definition) is 4. The van der Waals surface area contributed by atoms with Gasteiger partial charge in [-0.15, -0.1) is 0 Å². The molecule has 0 aliphatic heterocycles. The van der Waals surface area contributed by atoms with E-state index < -0.39 is 0 Å². The number of carbonyl (C=O) groups excluding carboxylic acids is 1. The molecule has 4 N–H and O–H groups in total. The Bertz CT molecular complexity index is 998. The summed E-state index contributed by atoms with van der Waals surface area (Å²) in [4.78, 5) is 29.8. The molecule has 8 heteroatoms. The maximum absolute atomic E-state index is 13.3. The molecule has 0 saturated heterocycles. The van der Waals surface area contributed by atoms with E-state index in [0.29, 0.717) is 30.7 Å². The average Bonchev–Trinajstić information content (AvgIpc) is 3.63. The van der Waals surface area contributed by atoms with Gasteiger partial charge >= 0.3 is 0 Å². The molecule has 0 atom stereocenters. The van der Waals surface area contributed by atoms with Gasteiger partial charge in [-0.3, -0.25) is 4.79 Å². The van der Waals surface area contributed by atoms with Crippen LogP contribution >= 0.6 is 0 Å². The zero-order chi connectivity index (χ0) is 24.6. The number of nitrogens with one attached hydrogen (secondary N) is 4. The number of H-pyrrole nitrogens is 2. The molecular formula is C28H39N7O. The first kappa shape index (κ1) is 24.7. The van der Waals surface area contributed by atoms with E-state index in [1.54, 1.807) is 29.7 Å². The molecule has 192 valence electrons. The van der Waals surface area contributed by atoms with Crippen LogP contribution in [-0.4, -0.2) is 48.9 Å². The predicted molar refractivity (Wildman–Crippen MR) is 140 cm³/mol. The molecule has 2 aromatic heterocycles. The lowest BCUT2D eigenvalue weighted by atomic mass is 9.88. The molecule has 3 aromatic rings. The summed E-state index contributed by atoms with van der Waals surface area (Å²) in [5, 5.41) is 7.67. The van der Waals surface area contributed by atoms with Gasteiger partial charge in [-0.05, 0) is 56.2 Å². The zero-order valence-corrected chi connectivity index (χ0v) is 21.1. The van der Waals surface area contributed by atoms with Crippen molar-refractivity contribution in [3.8, 4) is 0 Å². The number of amides is 1. The van der Waals surface area contributed by atoms with Gasteiger partial charge in [0.05, 0.1) is 13.1 Å². The minimum atomic E-state index is -0.0360. The second kappa shape index (κ2) is 12.3. The second-order valence-corrected chi connectivity index (χ2v) is 10.4. The van der Waals surface area contributed by atoms with Crippen molar-refractivity contribution in [1.82, 2.24) is 35.5 Å². The normalized spacial score (nSPS) is 20.9. The first-order valence-electron chi connectivity index (χ1n) is 13.6. The molecule has 2 heterocycles. The Labute approximate surface area is 213 Å². The number of aromatic amines is 2. The van der Waals surface area contributed by atoms with Crippen molar-refractivity contribution < 1.29 is 4.79 Å². The molecule has 2 fully saturated rings. The molecule has 8 nitrogen and oxygen atoms in total. The smallest absolute Gasteiger partial charge is 0.254 e. The lowest BCUT2D eigenvalue weighted by molar-refractivity contribution is 0.0721. The van der Waals surface area contributed by atoms with E-state index >= 15 is 0 Å². The Balaban J connectivity index is 1.10. The number of carbonyl (C=O) groups is 1. The van der Waals surface area contributed by atoms with Crippen molar-refractivity contribution in [2.75, 3.05) is 0 Å². The molecule has 0 radical (unpaired) electrons. The van der Waals surface area contributed by atoms with Crippen molar-refractivity contribution in [2.24, 2.45) is 0 Å². The van der Waals surface area contributed by atoms with Crippen molar-refractivity contribution >= 4 is 5.91 Å². The average molecular weight is 490 g/mol. The van der Waals surface area contributed by atoms with E-state index in [1.807, 2.05) is 12.1 Å². The molecule has 0 bridgehead atoms. The summed E-state index contributed by atoms with van der Waals surface area (Å²) in [5.41, 5.74) is 1.88. The van der Waals surface area contributed by atoms with Gasteiger partial charge in [0.15, 0.2) is 0 Å². The fourth-order valence-corrected chi connectivity index (χ4v) is 5.61. The van der Waals surface area contributed by atoms with Gasteiger partial charge in [-0.1, -0.05) is 31.4 Å². The van der Waals surface area contributed by atoms with Crippen molar-refractivity contribution in [1.29, 1.82) is 0 Å². The first-order valence-corrected chi connectivity index (χ1v) is 13.6. The van der Waals surface area contributed by atoms with Crippen LogP contribution in [0.15, 0.2) is 49.1 Å². The maximum Gasteiger partial charge on any atom is 0.254 e. The lowest BCUT2D eigenvalue weighted by Gasteiger charge is -2.34. The first-order chi connectivity index (χ1) is 17.7. The van der Waals surface area contributed by atoms with E-state index in [2.05, 4.69) is 42.7 Å². The largest absolute Gasteiger partial charge is 0.347 e.